The molecule has 1 saturated heterocycles. The fourth-order valence-corrected chi connectivity index (χ4v) is 3.08. The van der Waals surface area contributed by atoms with Crippen LogP contribution in [0.15, 0.2) is 0 Å². The van der Waals surface area contributed by atoms with Crippen molar-refractivity contribution < 1.29 is 9.90 Å². The molecule has 0 radical (unpaired) electrons. The summed E-state index contributed by atoms with van der Waals surface area (Å²) in [5, 5.41) is 9.35. The van der Waals surface area contributed by atoms with Gasteiger partial charge in [-0.25, -0.2) is 0 Å². The van der Waals surface area contributed by atoms with E-state index in [4.69, 9.17) is 0 Å². The summed E-state index contributed by atoms with van der Waals surface area (Å²) in [6.45, 7) is 6.35. The molecule has 3 heteroatoms. The molecule has 0 aliphatic carbocycles. The Bertz CT molecular complexity index is 255. The average Bonchev–Trinajstić information content (AvgIpc) is 2.42. The standard InChI is InChI=1S/C16H31NO2/c1-3-5-6-7-8-9-11-17-12-10-14(4-2)13-15(17)16(18)19/h14-15H,3-13H2,1-2H3,(H,18,19). The first-order valence-electron chi connectivity index (χ1n) is 8.15. The smallest absolute Gasteiger partial charge is 0.320 e. The molecule has 0 saturated carbocycles. The average molecular weight is 269 g/mol. The van der Waals surface area contributed by atoms with Crippen LogP contribution >= 0.6 is 0 Å². The van der Waals surface area contributed by atoms with Gasteiger partial charge in [0.25, 0.3) is 0 Å². The summed E-state index contributed by atoms with van der Waals surface area (Å²) in [6, 6.07) is -0.227. The molecule has 1 rings (SSSR count). The fourth-order valence-electron chi connectivity index (χ4n) is 3.08. The molecule has 2 unspecified atom stereocenters. The highest BCUT2D eigenvalue weighted by molar-refractivity contribution is 5.73. The van der Waals surface area contributed by atoms with E-state index in [9.17, 15) is 9.90 Å². The van der Waals surface area contributed by atoms with Gasteiger partial charge in [0.05, 0.1) is 0 Å². The van der Waals surface area contributed by atoms with Crippen LogP contribution < -0.4 is 0 Å². The molecule has 0 amide bonds. The largest absolute Gasteiger partial charge is 0.480 e. The van der Waals surface area contributed by atoms with Gasteiger partial charge in [0.2, 0.25) is 0 Å². The predicted octanol–water partition coefficient (Wildman–Crippen LogP) is 3.92. The molecule has 1 N–H and O–H groups in total. The normalized spacial score (nSPS) is 24.5. The topological polar surface area (TPSA) is 40.5 Å². The third-order valence-corrected chi connectivity index (χ3v) is 4.48. The molecule has 112 valence electrons. The van der Waals surface area contributed by atoms with Crippen molar-refractivity contribution in [1.82, 2.24) is 4.90 Å². The lowest BCUT2D eigenvalue weighted by Gasteiger charge is -2.36. The predicted molar refractivity (Wildman–Crippen MR) is 79.4 cm³/mol. The van der Waals surface area contributed by atoms with E-state index in [1.165, 1.54) is 38.5 Å². The summed E-state index contributed by atoms with van der Waals surface area (Å²) in [7, 11) is 0. The minimum absolute atomic E-state index is 0.227. The van der Waals surface area contributed by atoms with E-state index in [2.05, 4.69) is 18.7 Å². The Morgan fingerprint density at radius 1 is 1.16 bits per heavy atom. The van der Waals surface area contributed by atoms with Crippen molar-refractivity contribution >= 4 is 5.97 Å². The van der Waals surface area contributed by atoms with Crippen molar-refractivity contribution in [3.05, 3.63) is 0 Å². The zero-order chi connectivity index (χ0) is 14.1. The molecule has 0 spiro atoms. The van der Waals surface area contributed by atoms with E-state index >= 15 is 0 Å². The number of piperidine rings is 1. The third-order valence-electron chi connectivity index (χ3n) is 4.48. The van der Waals surface area contributed by atoms with E-state index < -0.39 is 5.97 Å². The number of hydrogen-bond acceptors (Lipinski definition) is 2. The van der Waals surface area contributed by atoms with Crippen LogP contribution in [-0.4, -0.2) is 35.1 Å². The summed E-state index contributed by atoms with van der Waals surface area (Å²) in [5.41, 5.74) is 0. The van der Waals surface area contributed by atoms with Gasteiger partial charge in [-0.1, -0.05) is 52.4 Å². The van der Waals surface area contributed by atoms with Crippen LogP contribution in [0.4, 0.5) is 0 Å². The number of nitrogens with zero attached hydrogens (tertiary/aromatic N) is 1. The van der Waals surface area contributed by atoms with Crippen LogP contribution in [0.25, 0.3) is 0 Å². The second-order valence-corrected chi connectivity index (χ2v) is 5.96. The number of likely N-dealkylation sites (tertiary alicyclic amines) is 1. The van der Waals surface area contributed by atoms with E-state index in [-0.39, 0.29) is 6.04 Å². The summed E-state index contributed by atoms with van der Waals surface area (Å²) in [6.07, 6.45) is 10.8. The molecule has 0 aromatic carbocycles. The van der Waals surface area contributed by atoms with Crippen LogP contribution in [0.5, 0.6) is 0 Å². The van der Waals surface area contributed by atoms with Crippen molar-refractivity contribution in [2.75, 3.05) is 13.1 Å². The first-order chi connectivity index (χ1) is 9.19. The fraction of sp³-hybridized carbons (Fsp3) is 0.938. The molecule has 1 aliphatic heterocycles. The summed E-state index contributed by atoms with van der Waals surface area (Å²) in [4.78, 5) is 13.6. The van der Waals surface area contributed by atoms with Crippen molar-refractivity contribution in [2.45, 2.75) is 77.7 Å². The van der Waals surface area contributed by atoms with Crippen molar-refractivity contribution in [1.29, 1.82) is 0 Å². The highest BCUT2D eigenvalue weighted by Gasteiger charge is 2.31. The Balaban J connectivity index is 2.25. The second kappa shape index (κ2) is 9.35. The molecule has 1 fully saturated rings. The Hall–Kier alpha value is -0.570. The third kappa shape index (κ3) is 5.94. The number of unbranched alkanes of at least 4 members (excludes halogenated alkanes) is 5. The molecule has 3 nitrogen and oxygen atoms in total. The van der Waals surface area contributed by atoms with Gasteiger partial charge in [0.1, 0.15) is 6.04 Å². The minimum Gasteiger partial charge on any atom is -0.480 e. The quantitative estimate of drug-likeness (QED) is 0.645. The minimum atomic E-state index is -0.621. The maximum Gasteiger partial charge on any atom is 0.320 e. The number of carboxylic acids is 1. The lowest BCUT2D eigenvalue weighted by Crippen LogP contribution is -2.47. The molecule has 2 atom stereocenters. The number of rotatable bonds is 9. The molecule has 0 bridgehead atoms. The lowest BCUT2D eigenvalue weighted by atomic mass is 9.88. The van der Waals surface area contributed by atoms with Gasteiger partial charge in [-0.2, -0.15) is 0 Å². The van der Waals surface area contributed by atoms with Crippen LogP contribution in [0.3, 0.4) is 0 Å². The second-order valence-electron chi connectivity index (χ2n) is 5.96. The van der Waals surface area contributed by atoms with Gasteiger partial charge in [0, 0.05) is 0 Å². The molecule has 0 aromatic heterocycles. The van der Waals surface area contributed by atoms with Gasteiger partial charge in [-0.3, -0.25) is 9.69 Å². The van der Waals surface area contributed by atoms with Crippen molar-refractivity contribution in [3.8, 4) is 0 Å². The maximum absolute atomic E-state index is 11.4. The zero-order valence-corrected chi connectivity index (χ0v) is 12.7. The van der Waals surface area contributed by atoms with E-state index in [0.717, 1.165) is 32.4 Å². The van der Waals surface area contributed by atoms with Crippen LogP contribution in [-0.2, 0) is 4.79 Å². The van der Waals surface area contributed by atoms with Crippen LogP contribution in [0, 0.1) is 5.92 Å². The summed E-state index contributed by atoms with van der Waals surface area (Å²) >= 11 is 0. The van der Waals surface area contributed by atoms with Gasteiger partial charge in [-0.15, -0.1) is 0 Å². The van der Waals surface area contributed by atoms with Gasteiger partial charge in [0.15, 0.2) is 0 Å². The SMILES string of the molecule is CCCCCCCCN1CCC(CC)CC1C(=O)O. The van der Waals surface area contributed by atoms with Gasteiger partial charge < -0.3 is 5.11 Å². The monoisotopic (exact) mass is 269 g/mol. The van der Waals surface area contributed by atoms with Gasteiger partial charge >= 0.3 is 5.97 Å². The van der Waals surface area contributed by atoms with E-state index in [1.807, 2.05) is 0 Å². The maximum atomic E-state index is 11.4. The number of carboxylic acid groups (broad SMARTS) is 1. The number of carbonyl (C=O) groups is 1. The Kier molecular flexibility index (Phi) is 8.11. The Morgan fingerprint density at radius 3 is 2.47 bits per heavy atom. The lowest BCUT2D eigenvalue weighted by molar-refractivity contribution is -0.145. The van der Waals surface area contributed by atoms with Gasteiger partial charge in [-0.05, 0) is 38.3 Å². The van der Waals surface area contributed by atoms with Crippen LogP contribution in [0.1, 0.15) is 71.6 Å². The van der Waals surface area contributed by atoms with E-state index in [0.29, 0.717) is 5.92 Å². The van der Waals surface area contributed by atoms with E-state index in [1.54, 1.807) is 0 Å². The summed E-state index contributed by atoms with van der Waals surface area (Å²) in [5.74, 6) is -0.00830. The number of aliphatic carboxylic acids is 1. The molecule has 1 heterocycles. The highest BCUT2D eigenvalue weighted by atomic mass is 16.4. The molecule has 19 heavy (non-hydrogen) atoms. The molecule has 0 aromatic rings. The zero-order valence-electron chi connectivity index (χ0n) is 12.7. The summed E-state index contributed by atoms with van der Waals surface area (Å²) < 4.78 is 0. The molecular weight excluding hydrogens is 238 g/mol. The molecular formula is C16H31NO2. The Labute approximate surface area is 118 Å². The Morgan fingerprint density at radius 2 is 1.84 bits per heavy atom. The first-order valence-corrected chi connectivity index (χ1v) is 8.15. The first kappa shape index (κ1) is 16.5. The molecule has 1 aliphatic rings. The van der Waals surface area contributed by atoms with Crippen molar-refractivity contribution in [2.24, 2.45) is 5.92 Å². The van der Waals surface area contributed by atoms with Crippen molar-refractivity contribution in [3.63, 3.8) is 0 Å². The highest BCUT2D eigenvalue weighted by Crippen LogP contribution is 2.25. The number of hydrogen-bond donors (Lipinski definition) is 1. The van der Waals surface area contributed by atoms with Crippen LogP contribution in [0.2, 0.25) is 0 Å².